The van der Waals surface area contributed by atoms with E-state index in [4.69, 9.17) is 19.4 Å². The quantitative estimate of drug-likeness (QED) is 0.173. The zero-order valence-electron chi connectivity index (χ0n) is 37.0. The van der Waals surface area contributed by atoms with Crippen LogP contribution in [-0.2, 0) is 0 Å². The minimum absolute atomic E-state index is 0.570. The van der Waals surface area contributed by atoms with Gasteiger partial charge in [0.25, 0.3) is 0 Å². The lowest BCUT2D eigenvalue weighted by molar-refractivity contribution is 0.672. The van der Waals surface area contributed by atoms with E-state index in [9.17, 15) is 0 Å². The van der Waals surface area contributed by atoms with Gasteiger partial charge in [-0.05, 0) is 82.2 Å². The molecular weight excluding hydrogens is 843 g/mol. The Labute approximate surface area is 394 Å². The highest BCUT2D eigenvalue weighted by Crippen LogP contribution is 2.45. The van der Waals surface area contributed by atoms with Gasteiger partial charge in [0.1, 0.15) is 11.2 Å². The van der Waals surface area contributed by atoms with Crippen molar-refractivity contribution in [2.75, 3.05) is 0 Å². The molecule has 0 saturated heterocycles. The minimum Gasteiger partial charge on any atom is -0.455 e. The number of aromatic nitrogens is 5. The third-order valence-corrected chi connectivity index (χ3v) is 14.1. The first-order valence-electron chi connectivity index (χ1n) is 23.3. The lowest BCUT2D eigenvalue weighted by Crippen LogP contribution is -2.01. The molecule has 69 heavy (non-hydrogen) atoms. The third kappa shape index (κ3) is 5.63. The van der Waals surface area contributed by atoms with Crippen molar-refractivity contribution in [3.05, 3.63) is 224 Å². The molecule has 0 radical (unpaired) electrons. The molecule has 0 aliphatic rings. The molecule has 4 heterocycles. The number of hydrogen-bond acceptors (Lipinski definition) is 4. The van der Waals surface area contributed by atoms with E-state index in [-0.39, 0.29) is 0 Å². The molecule has 0 spiro atoms. The summed E-state index contributed by atoms with van der Waals surface area (Å²) >= 11 is 0. The van der Waals surface area contributed by atoms with Gasteiger partial charge in [-0.25, -0.2) is 15.0 Å². The van der Waals surface area contributed by atoms with Crippen molar-refractivity contribution >= 4 is 97.9 Å². The summed E-state index contributed by atoms with van der Waals surface area (Å²) in [5.74, 6) is 1.77. The molecule has 0 aliphatic heterocycles. The van der Waals surface area contributed by atoms with Gasteiger partial charge in [-0.15, -0.1) is 0 Å². The molecule has 0 N–H and O–H groups in total. The lowest BCUT2D eigenvalue weighted by Gasteiger charge is -2.14. The van der Waals surface area contributed by atoms with E-state index in [1.54, 1.807) is 0 Å². The van der Waals surface area contributed by atoms with Crippen LogP contribution in [0.15, 0.2) is 229 Å². The molecule has 0 atom stereocenters. The van der Waals surface area contributed by atoms with Gasteiger partial charge in [0.2, 0.25) is 0 Å². The van der Waals surface area contributed by atoms with Gasteiger partial charge in [0.15, 0.2) is 17.5 Å². The van der Waals surface area contributed by atoms with Crippen LogP contribution < -0.4 is 0 Å². The zero-order chi connectivity index (χ0) is 45.2. The molecule has 0 aliphatic carbocycles. The number of para-hydroxylation sites is 2. The molecule has 6 heteroatoms. The average molecular weight is 880 g/mol. The third-order valence-electron chi connectivity index (χ3n) is 14.1. The fraction of sp³-hybridized carbons (Fsp3) is 0. The molecular formula is C63H37N5O. The average Bonchev–Trinajstić information content (AvgIpc) is 4.07. The monoisotopic (exact) mass is 879 g/mol. The first-order chi connectivity index (χ1) is 34.2. The van der Waals surface area contributed by atoms with Gasteiger partial charge in [0, 0.05) is 65.5 Å². The molecule has 4 aromatic heterocycles. The van der Waals surface area contributed by atoms with Gasteiger partial charge in [-0.3, -0.25) is 0 Å². The van der Waals surface area contributed by atoms with Gasteiger partial charge < -0.3 is 13.6 Å². The maximum Gasteiger partial charge on any atom is 0.164 e. The fourth-order valence-electron chi connectivity index (χ4n) is 11.0. The van der Waals surface area contributed by atoms with Crippen molar-refractivity contribution in [1.29, 1.82) is 0 Å². The van der Waals surface area contributed by atoms with Crippen LogP contribution >= 0.6 is 0 Å². The van der Waals surface area contributed by atoms with Crippen molar-refractivity contribution in [2.45, 2.75) is 0 Å². The van der Waals surface area contributed by atoms with Gasteiger partial charge in [-0.1, -0.05) is 164 Å². The van der Waals surface area contributed by atoms with E-state index < -0.39 is 0 Å². The molecule has 11 aromatic carbocycles. The van der Waals surface area contributed by atoms with E-state index in [0.717, 1.165) is 93.6 Å². The van der Waals surface area contributed by atoms with Gasteiger partial charge in [0.05, 0.1) is 27.8 Å². The Hall–Kier alpha value is -9.39. The summed E-state index contributed by atoms with van der Waals surface area (Å²) in [5, 5.41) is 13.5. The highest BCUT2D eigenvalue weighted by molar-refractivity contribution is 6.23. The first-order valence-corrected chi connectivity index (χ1v) is 23.3. The summed E-state index contributed by atoms with van der Waals surface area (Å²) in [7, 11) is 0. The summed E-state index contributed by atoms with van der Waals surface area (Å²) in [6.07, 6.45) is 0. The van der Waals surface area contributed by atoms with Crippen LogP contribution in [0.25, 0.3) is 143 Å². The smallest absolute Gasteiger partial charge is 0.164 e. The van der Waals surface area contributed by atoms with Crippen LogP contribution in [0.1, 0.15) is 0 Å². The summed E-state index contributed by atoms with van der Waals surface area (Å²) in [6.45, 7) is 0. The Balaban J connectivity index is 1.03. The SMILES string of the molecule is c1ccc(-c2nc(-c3cccc4oc5c6ccccc6c(-n6c7cc8ccccc8cc7c7cc8ccccc8cc76)cc5c34)nc(-c3cccc4c3c3ccccc3n4-c3ccccc3)n2)cc1. The predicted octanol–water partition coefficient (Wildman–Crippen LogP) is 16.4. The number of fused-ring (bicyclic) bond motifs is 13. The molecule has 0 saturated carbocycles. The van der Waals surface area contributed by atoms with Crippen molar-refractivity contribution in [2.24, 2.45) is 0 Å². The fourth-order valence-corrected chi connectivity index (χ4v) is 11.0. The Morgan fingerprint density at radius 3 is 1.52 bits per heavy atom. The van der Waals surface area contributed by atoms with E-state index in [1.807, 2.05) is 24.3 Å². The number of hydrogen-bond donors (Lipinski definition) is 0. The van der Waals surface area contributed by atoms with Crippen molar-refractivity contribution in [3.63, 3.8) is 0 Å². The van der Waals surface area contributed by atoms with Crippen LogP contribution in [0, 0.1) is 0 Å². The maximum absolute atomic E-state index is 6.99. The predicted molar refractivity (Wildman–Crippen MR) is 285 cm³/mol. The Kier molecular flexibility index (Phi) is 7.97. The van der Waals surface area contributed by atoms with Crippen LogP contribution in [0.2, 0.25) is 0 Å². The molecule has 0 amide bonds. The Morgan fingerprint density at radius 2 is 0.841 bits per heavy atom. The molecule has 320 valence electrons. The zero-order valence-corrected chi connectivity index (χ0v) is 37.0. The number of furan rings is 1. The second kappa shape index (κ2) is 14.6. The van der Waals surface area contributed by atoms with Gasteiger partial charge in [-0.2, -0.15) is 0 Å². The van der Waals surface area contributed by atoms with Crippen LogP contribution in [0.3, 0.4) is 0 Å². The minimum atomic E-state index is 0.570. The first kappa shape index (κ1) is 37.8. The molecule has 0 unspecified atom stereocenters. The van der Waals surface area contributed by atoms with E-state index in [0.29, 0.717) is 17.5 Å². The number of nitrogens with zero attached hydrogens (tertiary/aromatic N) is 5. The van der Waals surface area contributed by atoms with Crippen molar-refractivity contribution in [1.82, 2.24) is 24.1 Å². The highest BCUT2D eigenvalue weighted by Gasteiger charge is 2.24. The topological polar surface area (TPSA) is 61.7 Å². The van der Waals surface area contributed by atoms with Crippen molar-refractivity contribution in [3.8, 4) is 45.5 Å². The molecule has 0 fully saturated rings. The Bertz CT molecular complexity index is 4510. The van der Waals surface area contributed by atoms with Crippen LogP contribution in [0.4, 0.5) is 0 Å². The second-order valence-corrected chi connectivity index (χ2v) is 17.9. The van der Waals surface area contributed by atoms with E-state index >= 15 is 0 Å². The van der Waals surface area contributed by atoms with Crippen LogP contribution in [0.5, 0.6) is 0 Å². The Morgan fingerprint density at radius 1 is 0.319 bits per heavy atom. The largest absolute Gasteiger partial charge is 0.455 e. The maximum atomic E-state index is 6.99. The van der Waals surface area contributed by atoms with E-state index in [2.05, 4.69) is 209 Å². The van der Waals surface area contributed by atoms with Gasteiger partial charge >= 0.3 is 0 Å². The van der Waals surface area contributed by atoms with Crippen molar-refractivity contribution < 1.29 is 4.42 Å². The molecule has 0 bridgehead atoms. The van der Waals surface area contributed by atoms with E-state index in [1.165, 1.54) is 32.3 Å². The highest BCUT2D eigenvalue weighted by atomic mass is 16.3. The molecule has 6 nitrogen and oxygen atoms in total. The second-order valence-electron chi connectivity index (χ2n) is 17.9. The summed E-state index contributed by atoms with van der Waals surface area (Å²) in [6, 6.07) is 79.7. The standard InChI is InChI=1S/C63H37N5O/c1-3-17-38(18-4-1)61-64-62(47-28-15-31-53-58(47)46-27-13-14-30-52(46)67(53)43-23-5-2-6-24-43)66-63(65-61)48-29-16-32-57-59(48)51-37-56(44-25-11-12-26-45(44)60(51)69-57)68-54-35-41-21-9-7-19-39(41)33-49(54)50-34-40-20-8-10-22-42(40)36-55(50)68/h1-37H. The number of benzene rings is 11. The summed E-state index contributed by atoms with van der Waals surface area (Å²) in [5.41, 5.74) is 11.0. The summed E-state index contributed by atoms with van der Waals surface area (Å²) in [4.78, 5) is 16.1. The number of rotatable bonds is 5. The lowest BCUT2D eigenvalue weighted by atomic mass is 10.0. The normalized spacial score (nSPS) is 12.1. The van der Waals surface area contributed by atoms with Crippen LogP contribution in [-0.4, -0.2) is 24.1 Å². The molecule has 15 rings (SSSR count). The summed E-state index contributed by atoms with van der Waals surface area (Å²) < 4.78 is 11.8. The molecule has 15 aromatic rings.